The van der Waals surface area contributed by atoms with E-state index in [0.29, 0.717) is 12.8 Å². The van der Waals surface area contributed by atoms with E-state index in [2.05, 4.69) is 0 Å². The van der Waals surface area contributed by atoms with Crippen LogP contribution in [0.25, 0.3) is 0 Å². The fourth-order valence-electron chi connectivity index (χ4n) is 3.70. The van der Waals surface area contributed by atoms with Gasteiger partial charge < -0.3 is 18.9 Å². The van der Waals surface area contributed by atoms with Crippen LogP contribution >= 0.6 is 0 Å². The van der Waals surface area contributed by atoms with Gasteiger partial charge in [0.2, 0.25) is 0 Å². The number of carbonyl (C=O) groups is 2. The van der Waals surface area contributed by atoms with Gasteiger partial charge in [0, 0.05) is 6.42 Å². The van der Waals surface area contributed by atoms with Gasteiger partial charge in [0.05, 0.1) is 26.4 Å². The Morgan fingerprint density at radius 2 is 1.56 bits per heavy atom. The summed E-state index contributed by atoms with van der Waals surface area (Å²) in [6.45, 7) is 5.76. The van der Waals surface area contributed by atoms with E-state index in [4.69, 9.17) is 18.9 Å². The van der Waals surface area contributed by atoms with E-state index in [1.165, 1.54) is 14.2 Å². The lowest BCUT2D eigenvalue weighted by Gasteiger charge is -2.31. The van der Waals surface area contributed by atoms with Crippen molar-refractivity contribution in [3.8, 4) is 0 Å². The number of hydrogen-bond donors (Lipinski definition) is 0. The van der Waals surface area contributed by atoms with Gasteiger partial charge in [0.15, 0.2) is 11.7 Å². The molecule has 0 bridgehead atoms. The molecule has 1 fully saturated rings. The molecule has 1 heterocycles. The van der Waals surface area contributed by atoms with Crippen LogP contribution in [0.15, 0.2) is 30.3 Å². The first kappa shape index (κ1) is 21.4. The molecule has 1 saturated heterocycles. The summed E-state index contributed by atoms with van der Waals surface area (Å²) in [4.78, 5) is 24.7. The smallest absolute Gasteiger partial charge is 0.320 e. The highest BCUT2D eigenvalue weighted by Crippen LogP contribution is 2.38. The van der Waals surface area contributed by atoms with Crippen molar-refractivity contribution in [3.05, 3.63) is 35.9 Å². The first-order valence-electron chi connectivity index (χ1n) is 9.35. The summed E-state index contributed by atoms with van der Waals surface area (Å²) in [6, 6.07) is 9.94. The van der Waals surface area contributed by atoms with Gasteiger partial charge in [-0.2, -0.15) is 0 Å². The molecule has 1 aromatic rings. The summed E-state index contributed by atoms with van der Waals surface area (Å²) in [5.74, 6) is -3.41. The van der Waals surface area contributed by atoms with Crippen LogP contribution in [0.1, 0.15) is 39.2 Å². The fraction of sp³-hybridized carbons (Fsp3) is 0.619. The normalized spacial score (nSPS) is 22.4. The van der Waals surface area contributed by atoms with Crippen molar-refractivity contribution in [1.82, 2.24) is 0 Å². The molecule has 6 nitrogen and oxygen atoms in total. The summed E-state index contributed by atoms with van der Waals surface area (Å²) in [7, 11) is 2.56. The first-order valence-corrected chi connectivity index (χ1v) is 9.35. The van der Waals surface area contributed by atoms with E-state index in [-0.39, 0.29) is 18.1 Å². The monoisotopic (exact) mass is 378 g/mol. The minimum atomic E-state index is -1.01. The molecule has 0 aliphatic carbocycles. The number of ether oxygens (including phenoxy) is 4. The van der Waals surface area contributed by atoms with Gasteiger partial charge in [0.1, 0.15) is 0 Å². The number of hydrogen-bond acceptors (Lipinski definition) is 6. The molecule has 0 aromatic heterocycles. The number of benzene rings is 1. The summed E-state index contributed by atoms with van der Waals surface area (Å²) >= 11 is 0. The second kappa shape index (κ2) is 9.33. The Kier molecular flexibility index (Phi) is 7.39. The van der Waals surface area contributed by atoms with E-state index < -0.39 is 23.6 Å². The number of aryl methyl sites for hydroxylation is 1. The Morgan fingerprint density at radius 3 is 2.04 bits per heavy atom. The van der Waals surface area contributed by atoms with E-state index in [0.717, 1.165) is 12.0 Å². The van der Waals surface area contributed by atoms with Crippen molar-refractivity contribution in [2.75, 3.05) is 14.2 Å². The molecule has 0 radical (unpaired) electrons. The molecular weight excluding hydrogens is 348 g/mol. The Labute approximate surface area is 161 Å². The zero-order chi connectivity index (χ0) is 20.0. The Hall–Kier alpha value is -1.92. The molecule has 0 saturated carbocycles. The van der Waals surface area contributed by atoms with Crippen LogP contribution in [0.5, 0.6) is 0 Å². The van der Waals surface area contributed by atoms with E-state index in [1.807, 2.05) is 51.1 Å². The quantitative estimate of drug-likeness (QED) is 0.511. The second-order valence-electron chi connectivity index (χ2n) is 7.29. The third-order valence-corrected chi connectivity index (χ3v) is 5.19. The number of methoxy groups -OCH3 is 2. The lowest BCUT2D eigenvalue weighted by Crippen LogP contribution is -2.39. The van der Waals surface area contributed by atoms with Gasteiger partial charge in [-0.1, -0.05) is 30.3 Å². The Balaban J connectivity index is 2.23. The van der Waals surface area contributed by atoms with Crippen LogP contribution in [0, 0.1) is 11.8 Å². The summed E-state index contributed by atoms with van der Waals surface area (Å²) in [5.41, 5.74) is 1.14. The van der Waals surface area contributed by atoms with Crippen molar-refractivity contribution in [3.63, 3.8) is 0 Å². The first-order chi connectivity index (χ1) is 12.8. The minimum absolute atomic E-state index is 0.0560. The van der Waals surface area contributed by atoms with Crippen molar-refractivity contribution in [2.24, 2.45) is 11.8 Å². The standard InChI is InChI=1S/C21H30O6/c1-14-15(2)27-21(3,26-14)13-17(12-11-16-9-7-6-8-10-16)18(19(22)24-4)20(23)25-5/h6-10,14-15,17-18H,11-13H2,1-5H3/t14-,15-,17+/m1/s1. The van der Waals surface area contributed by atoms with Crippen LogP contribution < -0.4 is 0 Å². The highest BCUT2D eigenvalue weighted by Gasteiger charge is 2.46. The Morgan fingerprint density at radius 1 is 1.04 bits per heavy atom. The van der Waals surface area contributed by atoms with Gasteiger partial charge in [0.25, 0.3) is 0 Å². The predicted octanol–water partition coefficient (Wildman–Crippen LogP) is 3.13. The highest BCUT2D eigenvalue weighted by atomic mass is 16.8. The summed E-state index contributed by atoms with van der Waals surface area (Å²) in [5, 5.41) is 0. The molecular formula is C21H30O6. The molecule has 0 N–H and O–H groups in total. The van der Waals surface area contributed by atoms with Crippen LogP contribution in [0.4, 0.5) is 0 Å². The van der Waals surface area contributed by atoms with E-state index in [1.54, 1.807) is 0 Å². The van der Waals surface area contributed by atoms with Crippen LogP contribution in [0.2, 0.25) is 0 Å². The molecule has 0 spiro atoms. The van der Waals surface area contributed by atoms with Crippen LogP contribution in [-0.4, -0.2) is 44.2 Å². The summed E-state index contributed by atoms with van der Waals surface area (Å²) in [6.07, 6.45) is 1.60. The third-order valence-electron chi connectivity index (χ3n) is 5.19. The molecule has 150 valence electrons. The predicted molar refractivity (Wildman–Crippen MR) is 99.9 cm³/mol. The lowest BCUT2D eigenvalue weighted by molar-refractivity contribution is -0.182. The maximum atomic E-state index is 12.4. The lowest BCUT2D eigenvalue weighted by atomic mass is 9.82. The molecule has 6 heteroatoms. The number of rotatable bonds is 8. The molecule has 1 aliphatic rings. The second-order valence-corrected chi connectivity index (χ2v) is 7.29. The van der Waals surface area contributed by atoms with Crippen molar-refractivity contribution < 1.29 is 28.5 Å². The molecule has 2 rings (SSSR count). The topological polar surface area (TPSA) is 71.1 Å². The van der Waals surface area contributed by atoms with Gasteiger partial charge in [-0.15, -0.1) is 0 Å². The maximum absolute atomic E-state index is 12.4. The van der Waals surface area contributed by atoms with Gasteiger partial charge in [-0.05, 0) is 45.1 Å². The largest absolute Gasteiger partial charge is 0.468 e. The van der Waals surface area contributed by atoms with Crippen molar-refractivity contribution in [1.29, 1.82) is 0 Å². The number of carbonyl (C=O) groups excluding carboxylic acids is 2. The summed E-state index contributed by atoms with van der Waals surface area (Å²) < 4.78 is 21.8. The van der Waals surface area contributed by atoms with Crippen LogP contribution in [0.3, 0.4) is 0 Å². The van der Waals surface area contributed by atoms with Gasteiger partial charge in [-0.3, -0.25) is 9.59 Å². The van der Waals surface area contributed by atoms with E-state index in [9.17, 15) is 9.59 Å². The SMILES string of the molecule is COC(=O)C(C(=O)OC)[C@@H](CCc1ccccc1)CC1(C)O[C@H](C)[C@@H](C)O1. The molecule has 0 unspecified atom stereocenters. The molecule has 0 amide bonds. The fourth-order valence-corrected chi connectivity index (χ4v) is 3.70. The minimum Gasteiger partial charge on any atom is -0.468 e. The Bertz CT molecular complexity index is 603. The zero-order valence-corrected chi connectivity index (χ0v) is 16.8. The third kappa shape index (κ3) is 5.53. The molecule has 3 atom stereocenters. The van der Waals surface area contributed by atoms with Crippen molar-refractivity contribution in [2.45, 2.75) is 58.0 Å². The van der Waals surface area contributed by atoms with E-state index >= 15 is 0 Å². The molecule has 1 aromatic carbocycles. The average molecular weight is 378 g/mol. The highest BCUT2D eigenvalue weighted by molar-refractivity contribution is 5.95. The average Bonchev–Trinajstić information content (AvgIpc) is 2.91. The van der Waals surface area contributed by atoms with Crippen molar-refractivity contribution >= 4 is 11.9 Å². The zero-order valence-electron chi connectivity index (χ0n) is 16.8. The molecule has 1 aliphatic heterocycles. The van der Waals surface area contributed by atoms with Gasteiger partial charge >= 0.3 is 11.9 Å². The van der Waals surface area contributed by atoms with Crippen LogP contribution in [-0.2, 0) is 35.0 Å². The maximum Gasteiger partial charge on any atom is 0.320 e. The van der Waals surface area contributed by atoms with Gasteiger partial charge in [-0.25, -0.2) is 0 Å². The number of esters is 2. The molecule has 27 heavy (non-hydrogen) atoms.